The number of nitrogens with zero attached hydrogens (tertiary/aromatic N) is 1. The van der Waals surface area contributed by atoms with Crippen LogP contribution in [0.5, 0.6) is 0 Å². The Hall–Kier alpha value is -1.58. The fourth-order valence-corrected chi connectivity index (χ4v) is 2.71. The summed E-state index contributed by atoms with van der Waals surface area (Å²) >= 11 is 0. The van der Waals surface area contributed by atoms with Crippen molar-refractivity contribution in [3.05, 3.63) is 24.0 Å². The van der Waals surface area contributed by atoms with Crippen molar-refractivity contribution in [1.82, 2.24) is 4.98 Å². The third-order valence-electron chi connectivity index (χ3n) is 3.99. The van der Waals surface area contributed by atoms with E-state index >= 15 is 0 Å². The van der Waals surface area contributed by atoms with E-state index in [2.05, 4.69) is 10.3 Å². The molecule has 0 aromatic carbocycles. The van der Waals surface area contributed by atoms with Crippen molar-refractivity contribution in [2.45, 2.75) is 25.7 Å². The molecule has 18 heavy (non-hydrogen) atoms. The van der Waals surface area contributed by atoms with Crippen LogP contribution in [0.4, 0.5) is 5.69 Å². The number of aromatic nitrogens is 1. The van der Waals surface area contributed by atoms with Crippen molar-refractivity contribution in [2.24, 2.45) is 17.8 Å². The second-order valence-electron chi connectivity index (χ2n) is 5.42. The Kier molecular flexibility index (Phi) is 2.94. The fraction of sp³-hybridized carbons (Fsp3) is 0.571. The molecule has 4 nitrogen and oxygen atoms in total. The van der Waals surface area contributed by atoms with E-state index in [1.54, 1.807) is 12.1 Å². The summed E-state index contributed by atoms with van der Waals surface area (Å²) < 4.78 is 0. The zero-order valence-electron chi connectivity index (χ0n) is 10.3. The Balaban J connectivity index is 1.66. The third-order valence-corrected chi connectivity index (χ3v) is 3.99. The lowest BCUT2D eigenvalue weighted by Crippen LogP contribution is -2.19. The number of carbonyl (C=O) groups is 1. The molecule has 0 atom stereocenters. The SMILES string of the molecule is O=C(O)c1ncccc1NCC(C1CC1)C1CC1. The van der Waals surface area contributed by atoms with Gasteiger partial charge in [0.2, 0.25) is 0 Å². The summed E-state index contributed by atoms with van der Waals surface area (Å²) in [5, 5.41) is 12.4. The van der Waals surface area contributed by atoms with Crippen LogP contribution in [-0.2, 0) is 0 Å². The Bertz CT molecular complexity index is 441. The number of hydrogen-bond donors (Lipinski definition) is 2. The summed E-state index contributed by atoms with van der Waals surface area (Å²) in [5.41, 5.74) is 0.777. The van der Waals surface area contributed by atoms with Crippen LogP contribution >= 0.6 is 0 Å². The number of nitrogens with one attached hydrogen (secondary N) is 1. The molecule has 1 heterocycles. The van der Waals surface area contributed by atoms with Crippen LogP contribution in [-0.4, -0.2) is 22.6 Å². The number of rotatable bonds is 6. The molecule has 2 N–H and O–H groups in total. The summed E-state index contributed by atoms with van der Waals surface area (Å²) in [7, 11) is 0. The highest BCUT2D eigenvalue weighted by molar-refractivity contribution is 5.91. The van der Waals surface area contributed by atoms with Crippen LogP contribution in [0, 0.1) is 17.8 Å². The normalized spacial score (nSPS) is 18.9. The Morgan fingerprint density at radius 1 is 1.39 bits per heavy atom. The van der Waals surface area contributed by atoms with Crippen LogP contribution in [0.25, 0.3) is 0 Å². The van der Waals surface area contributed by atoms with Crippen molar-refractivity contribution in [3.8, 4) is 0 Å². The average Bonchev–Trinajstić information content (AvgIpc) is 3.24. The first-order valence-electron chi connectivity index (χ1n) is 6.68. The second kappa shape index (κ2) is 4.59. The van der Waals surface area contributed by atoms with Gasteiger partial charge in [0.25, 0.3) is 0 Å². The van der Waals surface area contributed by atoms with Crippen LogP contribution in [0.1, 0.15) is 36.2 Å². The molecule has 1 aromatic heterocycles. The molecule has 2 aliphatic rings. The van der Waals surface area contributed by atoms with E-state index in [1.165, 1.54) is 31.9 Å². The van der Waals surface area contributed by atoms with E-state index in [0.29, 0.717) is 5.69 Å². The molecule has 0 unspecified atom stereocenters. The highest BCUT2D eigenvalue weighted by Gasteiger charge is 2.41. The molecule has 2 fully saturated rings. The minimum Gasteiger partial charge on any atom is -0.476 e. The standard InChI is InChI=1S/C14H18N2O2/c17-14(18)13-12(2-1-7-15-13)16-8-11(9-3-4-9)10-5-6-10/h1-2,7,9-11,16H,3-6,8H2,(H,17,18). The van der Waals surface area contributed by atoms with Gasteiger partial charge in [-0.15, -0.1) is 0 Å². The molecule has 0 saturated heterocycles. The summed E-state index contributed by atoms with van der Waals surface area (Å²) in [5.74, 6) is 1.50. The van der Waals surface area contributed by atoms with E-state index in [9.17, 15) is 4.79 Å². The lowest BCUT2D eigenvalue weighted by atomic mass is 9.98. The van der Waals surface area contributed by atoms with Crippen LogP contribution in [0.2, 0.25) is 0 Å². The molecule has 1 aromatic rings. The van der Waals surface area contributed by atoms with Gasteiger partial charge in [0.05, 0.1) is 5.69 Å². The third kappa shape index (κ3) is 2.47. The lowest BCUT2D eigenvalue weighted by Gasteiger charge is -2.17. The van der Waals surface area contributed by atoms with E-state index in [-0.39, 0.29) is 5.69 Å². The van der Waals surface area contributed by atoms with Gasteiger partial charge in [0.1, 0.15) is 0 Å². The van der Waals surface area contributed by atoms with Gasteiger partial charge in [0, 0.05) is 12.7 Å². The zero-order valence-corrected chi connectivity index (χ0v) is 10.3. The number of aromatic carboxylic acids is 1. The molecular formula is C14H18N2O2. The predicted molar refractivity (Wildman–Crippen MR) is 68.6 cm³/mol. The minimum absolute atomic E-state index is 0.128. The summed E-state index contributed by atoms with van der Waals surface area (Å²) in [4.78, 5) is 15.0. The number of anilines is 1. The monoisotopic (exact) mass is 246 g/mol. The average molecular weight is 246 g/mol. The molecule has 3 rings (SSSR count). The smallest absolute Gasteiger partial charge is 0.356 e. The van der Waals surface area contributed by atoms with Gasteiger partial charge in [0.15, 0.2) is 5.69 Å². The molecule has 2 aliphatic carbocycles. The molecule has 96 valence electrons. The van der Waals surface area contributed by atoms with E-state index < -0.39 is 5.97 Å². The quantitative estimate of drug-likeness (QED) is 0.810. The zero-order chi connectivity index (χ0) is 12.5. The Morgan fingerprint density at radius 3 is 2.61 bits per heavy atom. The second-order valence-corrected chi connectivity index (χ2v) is 5.42. The first-order chi connectivity index (χ1) is 8.75. The Labute approximate surface area is 106 Å². The van der Waals surface area contributed by atoms with Gasteiger partial charge < -0.3 is 10.4 Å². The summed E-state index contributed by atoms with van der Waals surface area (Å²) in [6, 6.07) is 3.57. The van der Waals surface area contributed by atoms with Crippen LogP contribution in [0.3, 0.4) is 0 Å². The van der Waals surface area contributed by atoms with Crippen molar-refractivity contribution in [2.75, 3.05) is 11.9 Å². The van der Waals surface area contributed by atoms with Crippen LogP contribution in [0.15, 0.2) is 18.3 Å². The van der Waals surface area contributed by atoms with E-state index in [4.69, 9.17) is 5.11 Å². The van der Waals surface area contributed by atoms with Crippen molar-refractivity contribution in [3.63, 3.8) is 0 Å². The Morgan fingerprint density at radius 2 is 2.06 bits per heavy atom. The highest BCUT2D eigenvalue weighted by atomic mass is 16.4. The van der Waals surface area contributed by atoms with Gasteiger partial charge in [-0.05, 0) is 55.6 Å². The molecule has 0 radical (unpaired) electrons. The van der Waals surface area contributed by atoms with Crippen molar-refractivity contribution < 1.29 is 9.90 Å². The summed E-state index contributed by atoms with van der Waals surface area (Å²) in [6.45, 7) is 0.890. The van der Waals surface area contributed by atoms with Gasteiger partial charge >= 0.3 is 5.97 Å². The highest BCUT2D eigenvalue weighted by Crippen LogP contribution is 2.49. The van der Waals surface area contributed by atoms with Crippen LogP contribution < -0.4 is 5.32 Å². The number of carboxylic acid groups (broad SMARTS) is 1. The molecule has 4 heteroatoms. The maximum absolute atomic E-state index is 11.1. The first kappa shape index (κ1) is 11.5. The number of carboxylic acids is 1. The van der Waals surface area contributed by atoms with Crippen molar-refractivity contribution >= 4 is 11.7 Å². The fourth-order valence-electron chi connectivity index (χ4n) is 2.71. The molecule has 0 spiro atoms. The number of pyridine rings is 1. The molecular weight excluding hydrogens is 228 g/mol. The van der Waals surface area contributed by atoms with Gasteiger partial charge in [-0.1, -0.05) is 0 Å². The van der Waals surface area contributed by atoms with Gasteiger partial charge in [-0.3, -0.25) is 0 Å². The summed E-state index contributed by atoms with van der Waals surface area (Å²) in [6.07, 6.45) is 6.92. The molecule has 0 amide bonds. The molecule has 0 aliphatic heterocycles. The molecule has 2 saturated carbocycles. The largest absolute Gasteiger partial charge is 0.476 e. The first-order valence-corrected chi connectivity index (χ1v) is 6.68. The van der Waals surface area contributed by atoms with Crippen molar-refractivity contribution in [1.29, 1.82) is 0 Å². The van der Waals surface area contributed by atoms with Gasteiger partial charge in [-0.25, -0.2) is 9.78 Å². The topological polar surface area (TPSA) is 62.2 Å². The van der Waals surface area contributed by atoms with Gasteiger partial charge in [-0.2, -0.15) is 0 Å². The molecule has 0 bridgehead atoms. The van der Waals surface area contributed by atoms with E-state index in [0.717, 1.165) is 24.3 Å². The van der Waals surface area contributed by atoms with E-state index in [1.807, 2.05) is 0 Å². The maximum Gasteiger partial charge on any atom is 0.356 e. The minimum atomic E-state index is -0.965. The lowest BCUT2D eigenvalue weighted by molar-refractivity contribution is 0.0691. The maximum atomic E-state index is 11.1. The number of hydrogen-bond acceptors (Lipinski definition) is 3. The predicted octanol–water partition coefficient (Wildman–Crippen LogP) is 2.63.